The molecule has 0 fully saturated rings. The predicted molar refractivity (Wildman–Crippen MR) is 504 cm³/mol. The van der Waals surface area contributed by atoms with Gasteiger partial charge in [-0.3, -0.25) is 0 Å². The summed E-state index contributed by atoms with van der Waals surface area (Å²) in [5.74, 6) is 0. The number of fused-ring (bicyclic) bond motifs is 8. The maximum absolute atomic E-state index is 10.8. The highest BCUT2D eigenvalue weighted by atomic mass is 15.2. The van der Waals surface area contributed by atoms with E-state index < -0.39 is 230 Å². The third kappa shape index (κ3) is 15.0. The fourth-order valence-corrected chi connectivity index (χ4v) is 14.4. The van der Waals surface area contributed by atoms with Gasteiger partial charge in [0.1, 0.15) is 0 Å². The highest BCUT2D eigenvalue weighted by molar-refractivity contribution is 7.01. The molecular weight excluding hydrogens is 1390 g/mol. The van der Waals surface area contributed by atoms with Crippen LogP contribution in [0.1, 0.15) is 281 Å². The Kier molecular flexibility index (Phi) is 12.2. The maximum Gasteiger partial charge on any atom is 0.252 e. The number of para-hydroxylation sites is 2. The smallest absolute Gasteiger partial charge is 0.252 e. The second-order valence-corrected chi connectivity index (χ2v) is 39.9. The van der Waals surface area contributed by atoms with E-state index in [1.54, 1.807) is 253 Å². The second kappa shape index (κ2) is 28.3. The minimum Gasteiger partial charge on any atom is -0.311 e. The second-order valence-electron chi connectivity index (χ2n) is 39.9. The van der Waals surface area contributed by atoms with Gasteiger partial charge in [0.15, 0.2) is 0 Å². The van der Waals surface area contributed by atoms with Crippen LogP contribution in [0, 0.1) is 0 Å². The monoisotopic (exact) mass is 1540 g/mol. The van der Waals surface area contributed by atoms with Gasteiger partial charge in [-0.1, -0.05) is 320 Å². The van der Waals surface area contributed by atoms with Crippen molar-refractivity contribution in [1.82, 2.24) is 0 Å². The lowest BCUT2D eigenvalue weighted by Crippen LogP contribution is -2.61. The molecule has 5 nitrogen and oxygen atoms in total. The lowest BCUT2D eigenvalue weighted by molar-refractivity contribution is 0.589. The van der Waals surface area contributed by atoms with E-state index in [4.69, 9.17) is 0 Å². The molecule has 0 spiro atoms. The minimum atomic E-state index is -1.53. The van der Waals surface area contributed by atoms with E-state index in [0.29, 0.717) is 11.4 Å². The number of anilines is 15. The molecule has 0 amide bonds. The van der Waals surface area contributed by atoms with Crippen molar-refractivity contribution in [1.29, 1.82) is 0 Å². The van der Waals surface area contributed by atoms with Crippen molar-refractivity contribution in [2.45, 2.75) is 236 Å². The predicted octanol–water partition coefficient (Wildman–Crippen LogP) is 26.7. The van der Waals surface area contributed by atoms with Crippen LogP contribution in [0.5, 0.6) is 0 Å². The maximum atomic E-state index is 10.8. The molecule has 0 unspecified atom stereocenters. The number of rotatable bonds is 7. The quantitative estimate of drug-likeness (QED) is 0.147. The van der Waals surface area contributed by atoms with E-state index in [2.05, 4.69) is 0 Å². The Morgan fingerprint density at radius 1 is 0.209 bits per heavy atom. The molecule has 0 aromatic heterocycles. The summed E-state index contributed by atoms with van der Waals surface area (Å²) in [7, 11) is 0. The molecule has 12 aromatic carbocycles. The van der Waals surface area contributed by atoms with Crippen LogP contribution in [0.4, 0.5) is 85.3 Å². The van der Waals surface area contributed by atoms with Gasteiger partial charge in [-0.25, -0.2) is 0 Å². The zero-order chi connectivity index (χ0) is 110. The van der Waals surface area contributed by atoms with Crippen molar-refractivity contribution >= 4 is 132 Å². The van der Waals surface area contributed by atoms with Gasteiger partial charge in [-0.2, -0.15) is 0 Å². The molecule has 4 aliphatic rings. The zero-order valence-corrected chi connectivity index (χ0v) is 71.7. The molecular formula is C108H123B2N5. The van der Waals surface area contributed by atoms with Gasteiger partial charge in [0, 0.05) is 79.6 Å². The Balaban J connectivity index is 0.000000222. The Labute approximate surface area is 737 Å². The van der Waals surface area contributed by atoms with Gasteiger partial charge in [0.2, 0.25) is 0 Å². The zero-order valence-electron chi connectivity index (χ0n) is 104. The van der Waals surface area contributed by atoms with Gasteiger partial charge in [0.25, 0.3) is 13.4 Å². The molecule has 586 valence electrons. The van der Waals surface area contributed by atoms with E-state index in [0.717, 1.165) is 0 Å². The molecule has 0 aliphatic carbocycles. The van der Waals surface area contributed by atoms with Crippen molar-refractivity contribution < 1.29 is 43.9 Å². The van der Waals surface area contributed by atoms with Crippen molar-refractivity contribution in [2.24, 2.45) is 0 Å². The summed E-state index contributed by atoms with van der Waals surface area (Å²) < 4.78 is 317. The largest absolute Gasteiger partial charge is 0.311 e. The summed E-state index contributed by atoms with van der Waals surface area (Å²) in [5, 5.41) is 0. The molecule has 7 heteroatoms. The first-order chi connectivity index (χ1) is 67.2. The van der Waals surface area contributed by atoms with Gasteiger partial charge in [-0.05, 0) is 253 Å². The SMILES string of the molecule is [2H]c1c([2H])c(C(C)(C)C)c([2H])c([2H])c1N1c2c([2H])c([2H])c(C(C)(C)C)c([2H])c2B2c3c([2H])c(C(C)(C)C)c([2H])c([2H])c3N(c3c([2H])c([2H])c(C(C)(C)C)c([2H])c3[2H])c3c([2H])c(C(C)(C)C)c([2H])c1c32.[2H]c1c([2H])c(C(C)(C)C)c([2H])c([2H])c1N1c2c([2H])c([2H])c(C(C)(C)C)c([2H])c2B2c3c([2H])c(C(C)(C)C)c([2H])c([2H])c3N(c3c([2H])c([2H])c(C(C)(C)C)c([2H])c3[2H])c3c([2H])c(N(c4ccccc4)c4ccccc4)c([2H])c1c32. The Bertz CT molecular complexity index is 7160. The summed E-state index contributed by atoms with van der Waals surface area (Å²) in [6.45, 7) is 44.7. The summed E-state index contributed by atoms with van der Waals surface area (Å²) in [4.78, 5) is 6.53. The molecule has 4 aliphatic heterocycles. The van der Waals surface area contributed by atoms with E-state index >= 15 is 0 Å². The van der Waals surface area contributed by atoms with Crippen LogP contribution in [-0.2, 0) is 48.7 Å². The standard InChI is InChI=1S/C58H62BN3.C50H61BN2/c1-55(2,3)39-23-29-45(30-24-39)61-50-33-27-41(57(7,8)9)35-48(50)59-49-36-42(58(10,11)12)28-34-51(49)62(46-31-25-40(26-32-46)56(4,5)6)53-38-47(37-52(61)54(53)59)60(43-19-15-13-16-20-43)44-21-17-14-18-22-44;1-46(2,3)32-16-22-37(23-17-32)52-41-26-20-34(48(7,8)9)28-39(41)51-40-29-35(49(10,11)12)21-27-42(40)53(38-24-18-33(19-25-38)47(4,5)6)44-31-36(50(13,14)15)30-43(52)45(44)51/h13-38H,1-12H3;16-31H,1-15H3/i23D,24D,25D,26D,27D,28D,29D,30D,31D,32D,33D,34D,35D,36D,37D,38D;16D,17D,18D,19D,20D,21D,22D,23D,24D,25D,26D,27D,28D,29D,30D,31D. The average molecular weight is 1550 g/mol. The van der Waals surface area contributed by atoms with Crippen LogP contribution >= 0.6 is 0 Å². The van der Waals surface area contributed by atoms with Crippen molar-refractivity contribution in [3.63, 3.8) is 0 Å². The molecule has 0 saturated carbocycles. The lowest BCUT2D eigenvalue weighted by Gasteiger charge is -2.45. The van der Waals surface area contributed by atoms with Crippen LogP contribution in [0.15, 0.2) is 254 Å². The van der Waals surface area contributed by atoms with Crippen molar-refractivity contribution in [3.05, 3.63) is 304 Å². The highest BCUT2D eigenvalue weighted by Gasteiger charge is 2.48. The molecule has 0 bridgehead atoms. The first-order valence-electron chi connectivity index (χ1n) is 55.7. The Morgan fingerprint density at radius 3 is 0.617 bits per heavy atom. The molecule has 12 aromatic rings. The fraction of sp³-hybridized carbons (Fsp3) is 0.333. The van der Waals surface area contributed by atoms with E-state index in [-0.39, 0.29) is 182 Å². The van der Waals surface area contributed by atoms with Gasteiger partial charge >= 0.3 is 0 Å². The number of benzene rings is 12. The van der Waals surface area contributed by atoms with E-state index in [1.807, 2.05) is 0 Å². The average Bonchev–Trinajstić information content (AvgIpc) is 0.666. The Hall–Kier alpha value is -10.2. The lowest BCUT2D eigenvalue weighted by atomic mass is 9.33. The van der Waals surface area contributed by atoms with Crippen molar-refractivity contribution in [2.75, 3.05) is 24.5 Å². The van der Waals surface area contributed by atoms with E-state index in [9.17, 15) is 43.9 Å². The first kappa shape index (κ1) is 49.6. The summed E-state index contributed by atoms with van der Waals surface area (Å²) >= 11 is 0. The normalized spacial score (nSPS) is 18.0. The summed E-state index contributed by atoms with van der Waals surface area (Å²) in [6, 6.07) is 3.57. The molecule has 4 heterocycles. The number of hydrogen-bond donors (Lipinski definition) is 0. The molecule has 115 heavy (non-hydrogen) atoms. The molecule has 16 rings (SSSR count). The third-order valence-corrected chi connectivity index (χ3v) is 21.1. The molecule has 0 radical (unpaired) electrons. The van der Waals surface area contributed by atoms with Crippen LogP contribution in [0.25, 0.3) is 0 Å². The summed E-state index contributed by atoms with van der Waals surface area (Å²) in [5.41, 5.74) is -11.0. The topological polar surface area (TPSA) is 16.2 Å². The van der Waals surface area contributed by atoms with Gasteiger partial charge in [0.05, 0.1) is 49.6 Å². The van der Waals surface area contributed by atoms with Gasteiger partial charge in [-0.15, -0.1) is 0 Å². The molecule has 0 N–H and O–H groups in total. The van der Waals surface area contributed by atoms with Crippen LogP contribution in [-0.4, -0.2) is 13.4 Å². The number of nitrogens with zero attached hydrogens (tertiary/aromatic N) is 5. The number of hydrogen-bond acceptors (Lipinski definition) is 5. The van der Waals surface area contributed by atoms with Crippen LogP contribution in [0.3, 0.4) is 0 Å². The van der Waals surface area contributed by atoms with Crippen LogP contribution in [0.2, 0.25) is 0 Å². The first-order valence-corrected chi connectivity index (χ1v) is 39.7. The van der Waals surface area contributed by atoms with Crippen LogP contribution < -0.4 is 57.3 Å². The van der Waals surface area contributed by atoms with Gasteiger partial charge < -0.3 is 24.5 Å². The third-order valence-electron chi connectivity index (χ3n) is 21.1. The molecule has 0 saturated heterocycles. The minimum absolute atomic E-state index is 0.0116. The fourth-order valence-electron chi connectivity index (χ4n) is 14.4. The van der Waals surface area contributed by atoms with E-state index in [1.165, 1.54) is 19.6 Å². The Morgan fingerprint density at radius 2 is 0.409 bits per heavy atom. The van der Waals surface area contributed by atoms with Crippen molar-refractivity contribution in [3.8, 4) is 0 Å². The summed E-state index contributed by atoms with van der Waals surface area (Å²) in [6.07, 6.45) is 0. The molecule has 0 atom stereocenters. The highest BCUT2D eigenvalue weighted by Crippen LogP contribution is 2.52.